The third-order valence-electron chi connectivity index (χ3n) is 6.06. The molecule has 0 bridgehead atoms. The van der Waals surface area contributed by atoms with Gasteiger partial charge >= 0.3 is 0 Å². The molecular weight excluding hydrogens is 300 g/mol. The van der Waals surface area contributed by atoms with E-state index in [1.54, 1.807) is 13.2 Å². The van der Waals surface area contributed by atoms with Gasteiger partial charge in [-0.2, -0.15) is 0 Å². The number of fused-ring (bicyclic) bond motifs is 1. The van der Waals surface area contributed by atoms with Crippen LogP contribution in [-0.4, -0.2) is 26.6 Å². The van der Waals surface area contributed by atoms with Gasteiger partial charge in [-0.05, 0) is 30.9 Å². The molecule has 122 valence electrons. The molecule has 0 amide bonds. The van der Waals surface area contributed by atoms with Gasteiger partial charge in [-0.25, -0.2) is 0 Å². The molecule has 0 spiro atoms. The van der Waals surface area contributed by atoms with E-state index in [0.717, 1.165) is 12.8 Å². The number of methoxy groups -OCH3 is 1. The molecular formula is C20H26O2Si. The highest BCUT2D eigenvalue weighted by atomic mass is 28.3. The van der Waals surface area contributed by atoms with Crippen molar-refractivity contribution >= 4 is 19.0 Å². The predicted octanol–water partition coefficient (Wildman–Crippen LogP) is 3.64. The molecule has 3 rings (SSSR count). The smallest absolute Gasteiger partial charge is 0.155 e. The van der Waals surface area contributed by atoms with E-state index in [1.807, 2.05) is 6.08 Å². The van der Waals surface area contributed by atoms with Crippen LogP contribution in [0.15, 0.2) is 54.3 Å². The highest BCUT2D eigenvalue weighted by molar-refractivity contribution is 6.95. The molecule has 2 aliphatic rings. The lowest BCUT2D eigenvalue weighted by Crippen LogP contribution is -2.48. The summed E-state index contributed by atoms with van der Waals surface area (Å²) in [7, 11) is -0.00143. The fourth-order valence-corrected chi connectivity index (χ4v) is 7.06. The largest absolute Gasteiger partial charge is 0.374 e. The summed E-state index contributed by atoms with van der Waals surface area (Å²) in [6, 6.07) is 10.7. The van der Waals surface area contributed by atoms with Crippen molar-refractivity contribution in [2.75, 3.05) is 7.11 Å². The molecule has 0 heterocycles. The van der Waals surface area contributed by atoms with Crippen LogP contribution in [0.25, 0.3) is 0 Å². The number of benzene rings is 1. The lowest BCUT2D eigenvalue weighted by molar-refractivity contribution is -0.119. The van der Waals surface area contributed by atoms with Gasteiger partial charge in [-0.1, -0.05) is 53.8 Å². The zero-order valence-corrected chi connectivity index (χ0v) is 15.3. The molecule has 1 aromatic rings. The number of carbonyl (C=O) groups excluding carboxylic acids is 1. The molecule has 1 aromatic carbocycles. The first-order chi connectivity index (χ1) is 10.9. The average Bonchev–Trinajstić information content (AvgIpc) is 2.94. The molecule has 2 nitrogen and oxygen atoms in total. The molecule has 3 heteroatoms. The number of ether oxygens (including phenoxy) is 1. The normalized spacial score (nSPS) is 30.3. The van der Waals surface area contributed by atoms with E-state index in [0.29, 0.717) is 12.3 Å². The van der Waals surface area contributed by atoms with Gasteiger partial charge in [-0.15, -0.1) is 6.58 Å². The SMILES string of the molecule is C=C([C@@H]1CC[C@]2(OC)C=CC(=O)C[C@H]12)[Si](C)(C)c1ccccc1. The molecule has 1 saturated carbocycles. The van der Waals surface area contributed by atoms with Crippen LogP contribution in [0, 0.1) is 11.8 Å². The number of carbonyl (C=O) groups is 1. The Hall–Kier alpha value is -1.45. The summed E-state index contributed by atoms with van der Waals surface area (Å²) in [4.78, 5) is 12.0. The second-order valence-electron chi connectivity index (χ2n) is 7.43. The molecule has 0 radical (unpaired) electrons. The van der Waals surface area contributed by atoms with Gasteiger partial charge in [0.2, 0.25) is 0 Å². The first-order valence-corrected chi connectivity index (χ1v) is 11.4. The first-order valence-electron chi connectivity index (χ1n) is 8.43. The molecule has 0 aliphatic heterocycles. The lowest BCUT2D eigenvalue weighted by atomic mass is 9.78. The van der Waals surface area contributed by atoms with Crippen LogP contribution >= 0.6 is 0 Å². The highest BCUT2D eigenvalue weighted by Gasteiger charge is 2.52. The minimum atomic E-state index is -1.78. The lowest BCUT2D eigenvalue weighted by Gasteiger charge is -2.39. The maximum Gasteiger partial charge on any atom is 0.155 e. The summed E-state index contributed by atoms with van der Waals surface area (Å²) in [5.74, 6) is 0.847. The molecule has 1 fully saturated rings. The van der Waals surface area contributed by atoms with Crippen LogP contribution in [0.4, 0.5) is 0 Å². The van der Waals surface area contributed by atoms with E-state index >= 15 is 0 Å². The van der Waals surface area contributed by atoms with Crippen LogP contribution in [0.2, 0.25) is 13.1 Å². The van der Waals surface area contributed by atoms with Crippen LogP contribution in [0.1, 0.15) is 19.3 Å². The minimum absolute atomic E-state index is 0.224. The number of ketones is 1. The number of rotatable bonds is 4. The van der Waals surface area contributed by atoms with Gasteiger partial charge in [0.1, 0.15) is 8.07 Å². The van der Waals surface area contributed by atoms with E-state index in [9.17, 15) is 4.79 Å². The van der Waals surface area contributed by atoms with E-state index < -0.39 is 8.07 Å². The van der Waals surface area contributed by atoms with Gasteiger partial charge in [0.05, 0.1) is 5.60 Å². The Bertz CT molecular complexity index is 647. The number of allylic oxidation sites excluding steroid dienone is 2. The maximum absolute atomic E-state index is 12.0. The first kappa shape index (κ1) is 16.4. The van der Waals surface area contributed by atoms with Gasteiger partial charge in [0.25, 0.3) is 0 Å². The summed E-state index contributed by atoms with van der Waals surface area (Å²) in [6.07, 6.45) is 6.37. The Labute approximate surface area is 140 Å². The maximum atomic E-state index is 12.0. The summed E-state index contributed by atoms with van der Waals surface area (Å²) >= 11 is 0. The Morgan fingerprint density at radius 3 is 2.65 bits per heavy atom. The van der Waals surface area contributed by atoms with Crippen molar-refractivity contribution in [3.8, 4) is 0 Å². The highest BCUT2D eigenvalue weighted by Crippen LogP contribution is 2.51. The van der Waals surface area contributed by atoms with Gasteiger partial charge in [0, 0.05) is 19.4 Å². The summed E-state index contributed by atoms with van der Waals surface area (Å²) < 4.78 is 5.89. The standard InChI is InChI=1S/C20H26O2Si/c1-15(23(3,4)17-8-6-5-7-9-17)18-11-13-20(22-2)12-10-16(21)14-19(18)20/h5-10,12,18-19H,1,11,13-14H2,2-4H3/t18-,19+,20+/m0/s1. The fourth-order valence-electron chi connectivity index (χ4n) is 4.39. The molecule has 0 unspecified atom stereocenters. The zero-order valence-electron chi connectivity index (χ0n) is 14.3. The topological polar surface area (TPSA) is 26.3 Å². The van der Waals surface area contributed by atoms with E-state index in [2.05, 4.69) is 50.0 Å². The zero-order chi connectivity index (χ0) is 16.7. The molecule has 3 atom stereocenters. The quantitative estimate of drug-likeness (QED) is 0.790. The molecule has 2 aliphatic carbocycles. The third-order valence-corrected chi connectivity index (χ3v) is 9.81. The van der Waals surface area contributed by atoms with E-state index in [1.165, 1.54) is 10.4 Å². The van der Waals surface area contributed by atoms with Crippen molar-refractivity contribution in [1.29, 1.82) is 0 Å². The van der Waals surface area contributed by atoms with E-state index in [-0.39, 0.29) is 17.3 Å². The number of hydrogen-bond acceptors (Lipinski definition) is 2. The average molecular weight is 327 g/mol. The molecule has 0 saturated heterocycles. The van der Waals surface area contributed by atoms with Crippen LogP contribution in [0.5, 0.6) is 0 Å². The Morgan fingerprint density at radius 2 is 2.00 bits per heavy atom. The minimum Gasteiger partial charge on any atom is -0.374 e. The fraction of sp³-hybridized carbons (Fsp3) is 0.450. The van der Waals surface area contributed by atoms with Gasteiger partial charge < -0.3 is 4.74 Å². The third kappa shape index (κ3) is 2.66. The second-order valence-corrected chi connectivity index (χ2v) is 11.9. The van der Waals surface area contributed by atoms with E-state index in [4.69, 9.17) is 4.74 Å². The summed E-state index contributed by atoms with van der Waals surface area (Å²) in [6.45, 7) is 9.28. The summed E-state index contributed by atoms with van der Waals surface area (Å²) in [5.41, 5.74) is -0.261. The van der Waals surface area contributed by atoms with Crippen molar-refractivity contribution in [2.24, 2.45) is 11.8 Å². The summed E-state index contributed by atoms with van der Waals surface area (Å²) in [5, 5.41) is 2.77. The predicted molar refractivity (Wildman–Crippen MR) is 97.4 cm³/mol. The van der Waals surface area contributed by atoms with Crippen LogP contribution in [0.3, 0.4) is 0 Å². The van der Waals surface area contributed by atoms with Crippen molar-refractivity contribution < 1.29 is 9.53 Å². The van der Waals surface area contributed by atoms with Gasteiger partial charge in [-0.3, -0.25) is 4.79 Å². The number of hydrogen-bond donors (Lipinski definition) is 0. The Morgan fingerprint density at radius 1 is 1.30 bits per heavy atom. The molecule has 0 N–H and O–H groups in total. The van der Waals surface area contributed by atoms with Crippen LogP contribution < -0.4 is 5.19 Å². The van der Waals surface area contributed by atoms with Crippen molar-refractivity contribution in [3.63, 3.8) is 0 Å². The van der Waals surface area contributed by atoms with Crippen LogP contribution in [-0.2, 0) is 9.53 Å². The Balaban J connectivity index is 1.92. The van der Waals surface area contributed by atoms with Gasteiger partial charge in [0.15, 0.2) is 5.78 Å². The van der Waals surface area contributed by atoms with Crippen molar-refractivity contribution in [1.82, 2.24) is 0 Å². The van der Waals surface area contributed by atoms with Crippen molar-refractivity contribution in [2.45, 2.75) is 38.0 Å². The Kier molecular flexibility index (Phi) is 4.19. The monoisotopic (exact) mass is 326 g/mol. The molecule has 23 heavy (non-hydrogen) atoms. The van der Waals surface area contributed by atoms with Crippen molar-refractivity contribution in [3.05, 3.63) is 54.3 Å². The second kappa shape index (κ2) is 5.88. The molecule has 0 aromatic heterocycles.